The van der Waals surface area contributed by atoms with Gasteiger partial charge in [-0.2, -0.15) is 0 Å². The smallest absolute Gasteiger partial charge is 0.136 e. The third-order valence-electron chi connectivity index (χ3n) is 0.942. The van der Waals surface area contributed by atoms with Crippen LogP contribution >= 0.6 is 0 Å². The van der Waals surface area contributed by atoms with Crippen LogP contribution in [-0.4, -0.2) is 18.9 Å². The fraction of sp³-hybridized carbons (Fsp3) is 0.667. The minimum absolute atomic E-state index is 0.0417. The molecule has 1 atom stereocenters. The van der Waals surface area contributed by atoms with Crippen molar-refractivity contribution in [3.05, 3.63) is 6.92 Å². The molecule has 8 heavy (non-hydrogen) atoms. The van der Waals surface area contributed by atoms with Gasteiger partial charge in [0.05, 0.1) is 6.04 Å². The van der Waals surface area contributed by atoms with Crippen LogP contribution in [0, 0.1) is 6.92 Å². The molecule has 0 amide bonds. The molecular weight excluding hydrogens is 102 g/mol. The summed E-state index contributed by atoms with van der Waals surface area (Å²) < 4.78 is 0. The van der Waals surface area contributed by atoms with Crippen molar-refractivity contribution in [2.75, 3.05) is 6.54 Å². The van der Waals surface area contributed by atoms with E-state index in [4.69, 9.17) is 0 Å². The highest BCUT2D eigenvalue weighted by Gasteiger charge is 1.97. The maximum Gasteiger partial charge on any atom is 0.136 e. The molecular formula is C6H12NO. The Morgan fingerprint density at radius 2 is 2.50 bits per heavy atom. The van der Waals surface area contributed by atoms with E-state index in [1.165, 1.54) is 0 Å². The Morgan fingerprint density at radius 3 is 2.62 bits per heavy atom. The molecule has 0 aliphatic carbocycles. The van der Waals surface area contributed by atoms with Crippen molar-refractivity contribution in [2.24, 2.45) is 0 Å². The topological polar surface area (TPSA) is 29.1 Å². The van der Waals surface area contributed by atoms with Gasteiger partial charge in [-0.15, -0.1) is 0 Å². The second-order valence-electron chi connectivity index (χ2n) is 1.59. The van der Waals surface area contributed by atoms with Gasteiger partial charge in [-0.3, -0.25) is 0 Å². The van der Waals surface area contributed by atoms with Gasteiger partial charge >= 0.3 is 0 Å². The van der Waals surface area contributed by atoms with E-state index in [-0.39, 0.29) is 6.04 Å². The molecule has 0 aliphatic rings. The van der Waals surface area contributed by atoms with Crippen LogP contribution in [-0.2, 0) is 4.79 Å². The molecule has 2 heteroatoms. The van der Waals surface area contributed by atoms with Gasteiger partial charge in [-0.1, -0.05) is 13.8 Å². The van der Waals surface area contributed by atoms with E-state index in [0.717, 1.165) is 12.8 Å². The lowest BCUT2D eigenvalue weighted by Crippen LogP contribution is -2.29. The zero-order valence-corrected chi connectivity index (χ0v) is 5.18. The Labute approximate surface area is 50.3 Å². The molecule has 0 heterocycles. The van der Waals surface area contributed by atoms with Crippen molar-refractivity contribution in [1.29, 1.82) is 0 Å². The number of likely N-dealkylation sites (N-methyl/N-ethyl adjacent to an activating group) is 1. The first-order valence-electron chi connectivity index (χ1n) is 2.83. The van der Waals surface area contributed by atoms with Gasteiger partial charge in [0, 0.05) is 0 Å². The summed E-state index contributed by atoms with van der Waals surface area (Å²) in [5, 5.41) is 2.95. The Kier molecular flexibility index (Phi) is 4.56. The summed E-state index contributed by atoms with van der Waals surface area (Å²) in [5.41, 5.74) is 0. The predicted octanol–water partition coefficient (Wildman–Crippen LogP) is 0.388. The number of carbonyl (C=O) groups excluding carboxylic acids is 1. The molecule has 1 radical (unpaired) electrons. The van der Waals surface area contributed by atoms with E-state index in [2.05, 4.69) is 12.2 Å². The van der Waals surface area contributed by atoms with E-state index < -0.39 is 0 Å². The average molecular weight is 114 g/mol. The quantitative estimate of drug-likeness (QED) is 0.535. The first kappa shape index (κ1) is 7.63. The van der Waals surface area contributed by atoms with Gasteiger partial charge < -0.3 is 10.1 Å². The average Bonchev–Trinajstić information content (AvgIpc) is 1.83. The zero-order chi connectivity index (χ0) is 6.41. The van der Waals surface area contributed by atoms with Crippen LogP contribution in [0.25, 0.3) is 0 Å². The standard InChI is InChI=1S/C6H12NO/c1-3-6(5-8)7-4-2/h5-7H,1,3-4H2,2H3. The Morgan fingerprint density at radius 1 is 1.88 bits per heavy atom. The number of hydrogen-bond acceptors (Lipinski definition) is 2. The lowest BCUT2D eigenvalue weighted by Gasteiger charge is -2.04. The van der Waals surface area contributed by atoms with Gasteiger partial charge in [0.15, 0.2) is 0 Å². The molecule has 2 nitrogen and oxygen atoms in total. The van der Waals surface area contributed by atoms with Gasteiger partial charge in [0.2, 0.25) is 0 Å². The maximum atomic E-state index is 10.0. The molecule has 0 spiro atoms. The summed E-state index contributed by atoms with van der Waals surface area (Å²) in [6.45, 7) is 6.38. The van der Waals surface area contributed by atoms with Gasteiger partial charge in [-0.25, -0.2) is 0 Å². The van der Waals surface area contributed by atoms with Crippen LogP contribution in [0.2, 0.25) is 0 Å². The molecule has 0 aromatic heterocycles. The fourth-order valence-electron chi connectivity index (χ4n) is 0.480. The van der Waals surface area contributed by atoms with E-state index in [9.17, 15) is 4.79 Å². The number of carbonyl (C=O) groups is 1. The van der Waals surface area contributed by atoms with E-state index in [1.54, 1.807) is 0 Å². The molecule has 1 N–H and O–H groups in total. The third kappa shape index (κ3) is 2.75. The minimum atomic E-state index is -0.0417. The van der Waals surface area contributed by atoms with Crippen molar-refractivity contribution in [2.45, 2.75) is 19.4 Å². The first-order valence-corrected chi connectivity index (χ1v) is 2.83. The Balaban J connectivity index is 3.21. The lowest BCUT2D eigenvalue weighted by atomic mass is 10.2. The molecule has 47 valence electrons. The van der Waals surface area contributed by atoms with Crippen molar-refractivity contribution < 1.29 is 4.79 Å². The normalized spacial score (nSPS) is 13.2. The second-order valence-corrected chi connectivity index (χ2v) is 1.59. The highest BCUT2D eigenvalue weighted by atomic mass is 16.1. The largest absolute Gasteiger partial charge is 0.308 e. The van der Waals surface area contributed by atoms with Crippen molar-refractivity contribution >= 4 is 6.29 Å². The van der Waals surface area contributed by atoms with Crippen LogP contribution in [0.15, 0.2) is 0 Å². The molecule has 0 aliphatic heterocycles. The molecule has 0 saturated carbocycles. The molecule has 1 unspecified atom stereocenters. The first-order chi connectivity index (χ1) is 3.85. The number of hydrogen-bond donors (Lipinski definition) is 1. The minimum Gasteiger partial charge on any atom is -0.308 e. The monoisotopic (exact) mass is 114 g/mol. The van der Waals surface area contributed by atoms with Gasteiger partial charge in [-0.05, 0) is 13.0 Å². The third-order valence-corrected chi connectivity index (χ3v) is 0.942. The van der Waals surface area contributed by atoms with Crippen molar-refractivity contribution in [1.82, 2.24) is 5.32 Å². The summed E-state index contributed by atoms with van der Waals surface area (Å²) in [5.74, 6) is 0. The fourth-order valence-corrected chi connectivity index (χ4v) is 0.480. The van der Waals surface area contributed by atoms with Crippen molar-refractivity contribution in [3.63, 3.8) is 0 Å². The molecule has 0 saturated heterocycles. The van der Waals surface area contributed by atoms with E-state index in [1.807, 2.05) is 6.92 Å². The second kappa shape index (κ2) is 4.78. The van der Waals surface area contributed by atoms with Crippen LogP contribution in [0.3, 0.4) is 0 Å². The van der Waals surface area contributed by atoms with Gasteiger partial charge in [0.1, 0.15) is 6.29 Å². The maximum absolute atomic E-state index is 10.0. The summed E-state index contributed by atoms with van der Waals surface area (Å²) in [6, 6.07) is -0.0417. The van der Waals surface area contributed by atoms with Crippen LogP contribution in [0.4, 0.5) is 0 Å². The predicted molar refractivity (Wildman–Crippen MR) is 33.5 cm³/mol. The lowest BCUT2D eigenvalue weighted by molar-refractivity contribution is -0.109. The number of aldehydes is 1. The Hall–Kier alpha value is -0.370. The highest BCUT2D eigenvalue weighted by Crippen LogP contribution is 1.81. The van der Waals surface area contributed by atoms with E-state index >= 15 is 0 Å². The summed E-state index contributed by atoms with van der Waals surface area (Å²) in [7, 11) is 0. The number of rotatable bonds is 4. The molecule has 0 bridgehead atoms. The molecule has 0 rings (SSSR count). The highest BCUT2D eigenvalue weighted by molar-refractivity contribution is 5.57. The van der Waals surface area contributed by atoms with Crippen molar-refractivity contribution in [3.8, 4) is 0 Å². The summed E-state index contributed by atoms with van der Waals surface area (Å²) in [4.78, 5) is 10.0. The number of nitrogens with one attached hydrogen (secondary N) is 1. The Bertz CT molecular complexity index is 63.5. The summed E-state index contributed by atoms with van der Waals surface area (Å²) in [6.07, 6.45) is 1.52. The van der Waals surface area contributed by atoms with Crippen LogP contribution < -0.4 is 5.32 Å². The van der Waals surface area contributed by atoms with Gasteiger partial charge in [0.25, 0.3) is 0 Å². The summed E-state index contributed by atoms with van der Waals surface area (Å²) >= 11 is 0. The molecule has 0 fully saturated rings. The molecule has 0 aromatic carbocycles. The van der Waals surface area contributed by atoms with E-state index in [0.29, 0.717) is 6.42 Å². The van der Waals surface area contributed by atoms with Crippen LogP contribution in [0.1, 0.15) is 13.3 Å². The zero-order valence-electron chi connectivity index (χ0n) is 5.18. The molecule has 0 aromatic rings. The van der Waals surface area contributed by atoms with Crippen LogP contribution in [0.5, 0.6) is 0 Å². The SMILES string of the molecule is [CH2]CC(C=O)NCC.